The molecule has 0 radical (unpaired) electrons. The molecule has 3 aliphatic heterocycles. The lowest BCUT2D eigenvalue weighted by molar-refractivity contribution is -0.386. The molecule has 0 aromatic rings. The molecule has 1 amide bonds. The summed E-state index contributed by atoms with van der Waals surface area (Å²) < 4.78 is 33.8. The highest BCUT2D eigenvalue weighted by molar-refractivity contribution is 5.76. The number of allylic oxidation sites excluding steroid dienone is 1. The molecule has 3 heterocycles. The number of carbonyl (C=O) groups is 2. The van der Waals surface area contributed by atoms with Crippen LogP contribution in [0.25, 0.3) is 0 Å². The maximum absolute atomic E-state index is 12.8. The number of unbranched alkanes of at least 4 members (excludes halogenated alkanes) is 11. The first-order chi connectivity index (χ1) is 30.0. The minimum atomic E-state index is -3.05. The molecule has 22 heteroatoms. The van der Waals surface area contributed by atoms with Crippen molar-refractivity contribution < 1.29 is 99.3 Å². The average molecular weight is 915 g/mol. The summed E-state index contributed by atoms with van der Waals surface area (Å²) in [6.07, 6.45) is -11.4. The van der Waals surface area contributed by atoms with E-state index in [1.54, 1.807) is 6.08 Å². The largest absolute Gasteiger partial charge is 0.477 e. The van der Waals surface area contributed by atoms with Gasteiger partial charge in [0.2, 0.25) is 5.91 Å². The summed E-state index contributed by atoms with van der Waals surface area (Å²) in [5.41, 5.74) is 6.11. The molecule has 0 unspecified atom stereocenters. The van der Waals surface area contributed by atoms with Crippen LogP contribution in [0.1, 0.15) is 97.3 Å². The summed E-state index contributed by atoms with van der Waals surface area (Å²) >= 11 is 0. The summed E-state index contributed by atoms with van der Waals surface area (Å²) in [5, 5.41) is 129. The van der Waals surface area contributed by atoms with Crippen molar-refractivity contribution in [1.29, 1.82) is 0 Å². The van der Waals surface area contributed by atoms with E-state index in [4.69, 9.17) is 34.2 Å². The zero-order chi connectivity index (χ0) is 46.9. The van der Waals surface area contributed by atoms with Crippen LogP contribution >= 0.6 is 0 Å². The van der Waals surface area contributed by atoms with Crippen LogP contribution in [-0.4, -0.2) is 209 Å². The molecule has 18 atom stereocenters. The molecule has 3 rings (SSSR count). The van der Waals surface area contributed by atoms with E-state index < -0.39 is 148 Å². The number of nitrogens with one attached hydrogen (secondary N) is 1. The van der Waals surface area contributed by atoms with Crippen LogP contribution in [0.15, 0.2) is 12.2 Å². The van der Waals surface area contributed by atoms with Gasteiger partial charge in [0.1, 0.15) is 67.1 Å². The third-order valence-corrected chi connectivity index (χ3v) is 11.6. The smallest absolute Gasteiger partial charge is 0.364 e. The molecular weight excluding hydrogens is 840 g/mol. The SMILES string of the molecule is CCCCCCCCCCCCC/C=C/[C@@H](O)[C@@H](N)CO[C@@H]1O[C@H](CO)[C@@H](O[C@@H]2O[C@H](CO)[C@H](O)[C@H](O[C@]3(C(=O)O)C[C@H](O)[C@@H](NC(C)=O)[C@H]([C@H](O)[C@H](O)CO)O3)[C@H]2O)[C@H](O)[C@H]1O. The van der Waals surface area contributed by atoms with Crippen LogP contribution < -0.4 is 11.1 Å². The number of amides is 1. The Morgan fingerprint density at radius 3 is 1.95 bits per heavy atom. The van der Waals surface area contributed by atoms with Gasteiger partial charge in [0.15, 0.2) is 12.6 Å². The fourth-order valence-corrected chi connectivity index (χ4v) is 7.90. The van der Waals surface area contributed by atoms with E-state index in [0.29, 0.717) is 0 Å². The van der Waals surface area contributed by atoms with Crippen LogP contribution in [0.5, 0.6) is 0 Å². The highest BCUT2D eigenvalue weighted by Crippen LogP contribution is 2.38. The summed E-state index contributed by atoms with van der Waals surface area (Å²) in [4.78, 5) is 24.7. The predicted molar refractivity (Wildman–Crippen MR) is 218 cm³/mol. The van der Waals surface area contributed by atoms with E-state index in [-0.39, 0.29) is 6.61 Å². The quantitative estimate of drug-likeness (QED) is 0.0271. The number of aliphatic hydroxyl groups is 11. The molecule has 0 aromatic heterocycles. The number of nitrogens with two attached hydrogens (primary N) is 1. The van der Waals surface area contributed by atoms with Gasteiger partial charge in [-0.3, -0.25) is 4.79 Å². The third kappa shape index (κ3) is 15.8. The summed E-state index contributed by atoms with van der Waals surface area (Å²) in [5.74, 6) is -5.78. The maximum atomic E-state index is 12.8. The molecule has 3 saturated heterocycles. The van der Waals surface area contributed by atoms with Gasteiger partial charge >= 0.3 is 5.97 Å². The highest BCUT2D eigenvalue weighted by atomic mass is 16.8. The number of rotatable bonds is 28. The summed E-state index contributed by atoms with van der Waals surface area (Å²) in [6.45, 7) is -0.0151. The van der Waals surface area contributed by atoms with Crippen molar-refractivity contribution in [3.8, 4) is 0 Å². The lowest BCUT2D eigenvalue weighted by Gasteiger charge is -2.50. The van der Waals surface area contributed by atoms with Gasteiger partial charge in [-0.15, -0.1) is 0 Å². The van der Waals surface area contributed by atoms with Crippen molar-refractivity contribution in [1.82, 2.24) is 5.32 Å². The summed E-state index contributed by atoms with van der Waals surface area (Å²) in [6, 6.07) is -2.54. The number of aliphatic carboxylic acids is 1. The monoisotopic (exact) mass is 914 g/mol. The first-order valence-electron chi connectivity index (χ1n) is 22.1. The second-order valence-corrected chi connectivity index (χ2v) is 16.7. The van der Waals surface area contributed by atoms with Crippen molar-refractivity contribution in [3.05, 3.63) is 12.2 Å². The molecular formula is C41H74N2O20. The van der Waals surface area contributed by atoms with Crippen molar-refractivity contribution >= 4 is 11.9 Å². The number of hydrogen-bond acceptors (Lipinski definition) is 20. The third-order valence-electron chi connectivity index (χ3n) is 11.6. The normalized spacial score (nSPS) is 35.9. The molecule has 0 aliphatic carbocycles. The Kier molecular flexibility index (Phi) is 24.2. The van der Waals surface area contributed by atoms with E-state index in [2.05, 4.69) is 12.2 Å². The van der Waals surface area contributed by atoms with E-state index in [1.165, 1.54) is 51.4 Å². The van der Waals surface area contributed by atoms with Crippen LogP contribution in [-0.2, 0) is 38.0 Å². The van der Waals surface area contributed by atoms with Crippen molar-refractivity contribution in [2.24, 2.45) is 5.73 Å². The number of carbonyl (C=O) groups excluding carboxylic acids is 1. The van der Waals surface area contributed by atoms with Gasteiger partial charge in [-0.2, -0.15) is 0 Å². The molecule has 15 N–H and O–H groups in total. The Hall–Kier alpha value is -2.04. The second kappa shape index (κ2) is 27.6. The number of aliphatic hydroxyl groups excluding tert-OH is 11. The van der Waals surface area contributed by atoms with Gasteiger partial charge in [0.25, 0.3) is 5.79 Å². The maximum Gasteiger partial charge on any atom is 0.364 e. The average Bonchev–Trinajstić information content (AvgIpc) is 3.25. The van der Waals surface area contributed by atoms with Crippen LogP contribution in [0.4, 0.5) is 0 Å². The first kappa shape index (κ1) is 55.3. The lowest BCUT2D eigenvalue weighted by atomic mass is 9.88. The minimum absolute atomic E-state index is 0.355. The highest BCUT2D eigenvalue weighted by Gasteiger charge is 2.60. The zero-order valence-electron chi connectivity index (χ0n) is 36.2. The first-order valence-corrected chi connectivity index (χ1v) is 22.1. The van der Waals surface area contributed by atoms with Crippen molar-refractivity contribution in [2.45, 2.75) is 207 Å². The Labute approximate surface area is 367 Å². The standard InChI is InChI=1S/C41H74N2O20/c1-3-4-5-6-7-8-9-10-11-12-13-14-15-16-24(48)23(42)21-58-38-33(54)32(53)35(28(20-46)60-38)61-39-34(55)37(31(52)27(19-45)59-39)63-41(40(56)57)17-25(49)29(43-22(2)47)36(62-41)30(51)26(50)18-44/h15-16,23-39,44-46,48-55H,3-14,17-21,42H2,1-2H3,(H,43,47)(H,56,57)/b16-15+/t23-,24+,25-,26+,27+,28+,29+,30+,31-,32+,33+,34+,35+,36+,37-,38+,39-,41-/m0/s1. The number of ether oxygens (including phenoxy) is 6. The fraction of sp³-hybridized carbons (Fsp3) is 0.902. The molecule has 368 valence electrons. The van der Waals surface area contributed by atoms with E-state index >= 15 is 0 Å². The van der Waals surface area contributed by atoms with Crippen molar-refractivity contribution in [2.75, 3.05) is 26.4 Å². The van der Waals surface area contributed by atoms with Gasteiger partial charge in [-0.1, -0.05) is 83.3 Å². The van der Waals surface area contributed by atoms with Crippen LogP contribution in [0.2, 0.25) is 0 Å². The Morgan fingerprint density at radius 1 is 0.810 bits per heavy atom. The van der Waals surface area contributed by atoms with E-state index in [1.807, 2.05) is 6.08 Å². The predicted octanol–water partition coefficient (Wildman–Crippen LogP) is -3.25. The molecule has 22 nitrogen and oxygen atoms in total. The van der Waals surface area contributed by atoms with E-state index in [0.717, 1.165) is 32.6 Å². The molecule has 0 spiro atoms. The Morgan fingerprint density at radius 2 is 1.40 bits per heavy atom. The van der Waals surface area contributed by atoms with Gasteiger partial charge in [0, 0.05) is 13.3 Å². The van der Waals surface area contributed by atoms with Crippen molar-refractivity contribution in [3.63, 3.8) is 0 Å². The van der Waals surface area contributed by atoms with Crippen LogP contribution in [0.3, 0.4) is 0 Å². The van der Waals surface area contributed by atoms with Gasteiger partial charge < -0.3 is 101 Å². The van der Waals surface area contributed by atoms with Gasteiger partial charge in [0.05, 0.1) is 50.7 Å². The summed E-state index contributed by atoms with van der Waals surface area (Å²) in [7, 11) is 0. The molecule has 3 aliphatic rings. The minimum Gasteiger partial charge on any atom is -0.477 e. The Bertz CT molecular complexity index is 1350. The second-order valence-electron chi connectivity index (χ2n) is 16.7. The van der Waals surface area contributed by atoms with Gasteiger partial charge in [-0.05, 0) is 12.8 Å². The topological polar surface area (TPSA) is 370 Å². The number of hydrogen-bond donors (Lipinski definition) is 14. The molecule has 0 saturated carbocycles. The fourth-order valence-electron chi connectivity index (χ4n) is 7.90. The lowest BCUT2D eigenvalue weighted by Crippen LogP contribution is -2.70. The molecule has 0 aromatic carbocycles. The molecule has 0 bridgehead atoms. The Balaban J connectivity index is 1.62. The van der Waals surface area contributed by atoms with E-state index in [9.17, 15) is 70.9 Å². The van der Waals surface area contributed by atoms with Gasteiger partial charge in [-0.25, -0.2) is 4.79 Å². The number of carboxylic acid groups (broad SMARTS) is 1. The molecule has 3 fully saturated rings. The number of carboxylic acids is 1. The molecule has 63 heavy (non-hydrogen) atoms. The zero-order valence-corrected chi connectivity index (χ0v) is 36.2. The van der Waals surface area contributed by atoms with Crippen LogP contribution in [0, 0.1) is 0 Å².